The summed E-state index contributed by atoms with van der Waals surface area (Å²) in [6.45, 7) is 5.65. The molecule has 0 spiro atoms. The number of nitrogens with two attached hydrogens (primary N) is 1. The van der Waals surface area contributed by atoms with Crippen LogP contribution in [0.5, 0.6) is 0 Å². The number of ether oxygens (including phenoxy) is 1. The van der Waals surface area contributed by atoms with E-state index in [4.69, 9.17) is 10.5 Å². The van der Waals surface area contributed by atoms with Crippen molar-refractivity contribution in [1.29, 1.82) is 0 Å². The standard InChI is InChI=1S/C21H31N5O3/c22-21(28)17-3-6-23-19(9-17)24-10-18-13-26(20(27)14-29-18)12-16-4-7-25(8-5-16)11-15-1-2-15/h3,6,9,15-16,18H,1-2,4-5,7-8,10-14H2,(H2,22,28)(H,23,24)/t18-/m1/s1. The van der Waals surface area contributed by atoms with Gasteiger partial charge in [0.15, 0.2) is 0 Å². The average Bonchev–Trinajstić information content (AvgIpc) is 3.54. The fourth-order valence-electron chi connectivity index (χ4n) is 4.21. The molecule has 158 valence electrons. The topological polar surface area (TPSA) is 101 Å². The van der Waals surface area contributed by atoms with Gasteiger partial charge in [0, 0.05) is 37.9 Å². The number of carbonyl (C=O) groups is 2. The van der Waals surface area contributed by atoms with Crippen molar-refractivity contribution in [3.63, 3.8) is 0 Å². The number of pyridine rings is 1. The van der Waals surface area contributed by atoms with Crippen LogP contribution in [0.2, 0.25) is 0 Å². The van der Waals surface area contributed by atoms with Crippen molar-refractivity contribution in [3.8, 4) is 0 Å². The van der Waals surface area contributed by atoms with Gasteiger partial charge in [-0.2, -0.15) is 0 Å². The van der Waals surface area contributed by atoms with Crippen molar-refractivity contribution >= 4 is 17.6 Å². The maximum atomic E-state index is 12.3. The van der Waals surface area contributed by atoms with Gasteiger partial charge >= 0.3 is 0 Å². The Bertz CT molecular complexity index is 731. The molecule has 2 saturated heterocycles. The summed E-state index contributed by atoms with van der Waals surface area (Å²) in [6, 6.07) is 3.21. The van der Waals surface area contributed by atoms with Gasteiger partial charge in [-0.3, -0.25) is 9.59 Å². The smallest absolute Gasteiger partial charge is 0.248 e. The van der Waals surface area contributed by atoms with Gasteiger partial charge in [0.25, 0.3) is 0 Å². The Morgan fingerprint density at radius 1 is 1.21 bits per heavy atom. The molecule has 0 bridgehead atoms. The van der Waals surface area contributed by atoms with E-state index in [0.717, 1.165) is 25.6 Å². The van der Waals surface area contributed by atoms with Gasteiger partial charge in [-0.15, -0.1) is 0 Å². The molecule has 29 heavy (non-hydrogen) atoms. The van der Waals surface area contributed by atoms with Crippen molar-refractivity contribution in [2.75, 3.05) is 51.2 Å². The Kier molecular flexibility index (Phi) is 6.30. The molecule has 3 heterocycles. The molecule has 3 fully saturated rings. The predicted molar refractivity (Wildman–Crippen MR) is 109 cm³/mol. The molecular weight excluding hydrogens is 370 g/mol. The fraction of sp³-hybridized carbons (Fsp3) is 0.667. The Hall–Kier alpha value is -2.19. The van der Waals surface area contributed by atoms with E-state index in [2.05, 4.69) is 15.2 Å². The number of likely N-dealkylation sites (tertiary alicyclic amines) is 1. The van der Waals surface area contributed by atoms with Gasteiger partial charge in [-0.1, -0.05) is 0 Å². The van der Waals surface area contributed by atoms with E-state index in [0.29, 0.717) is 30.4 Å². The monoisotopic (exact) mass is 401 g/mol. The highest BCUT2D eigenvalue weighted by Gasteiger charge is 2.31. The second-order valence-corrected chi connectivity index (χ2v) is 8.59. The molecule has 1 aromatic heterocycles. The molecular formula is C21H31N5O3. The third kappa shape index (κ3) is 5.67. The predicted octanol–water partition coefficient (Wildman–Crippen LogP) is 0.942. The number of morpholine rings is 1. The van der Waals surface area contributed by atoms with Crippen LogP contribution >= 0.6 is 0 Å². The number of piperidine rings is 1. The molecule has 2 aliphatic heterocycles. The number of hydrogen-bond acceptors (Lipinski definition) is 6. The maximum Gasteiger partial charge on any atom is 0.248 e. The van der Waals surface area contributed by atoms with Crippen molar-refractivity contribution in [1.82, 2.24) is 14.8 Å². The van der Waals surface area contributed by atoms with Gasteiger partial charge in [-0.25, -0.2) is 4.98 Å². The zero-order valence-electron chi connectivity index (χ0n) is 16.9. The van der Waals surface area contributed by atoms with Gasteiger partial charge in [-0.05, 0) is 62.7 Å². The van der Waals surface area contributed by atoms with E-state index in [1.165, 1.54) is 32.2 Å². The molecule has 8 heteroatoms. The quantitative estimate of drug-likeness (QED) is 0.672. The number of aromatic nitrogens is 1. The zero-order chi connectivity index (χ0) is 20.2. The number of primary amides is 1. The van der Waals surface area contributed by atoms with Gasteiger partial charge in [0.05, 0.1) is 6.10 Å². The highest BCUT2D eigenvalue weighted by molar-refractivity contribution is 5.93. The Morgan fingerprint density at radius 3 is 2.69 bits per heavy atom. The number of amides is 2. The number of rotatable bonds is 8. The minimum atomic E-state index is -0.482. The van der Waals surface area contributed by atoms with Crippen molar-refractivity contribution in [3.05, 3.63) is 23.9 Å². The summed E-state index contributed by atoms with van der Waals surface area (Å²) in [5.41, 5.74) is 5.73. The summed E-state index contributed by atoms with van der Waals surface area (Å²) in [6.07, 6.45) is 6.60. The molecule has 1 aliphatic carbocycles. The molecule has 0 unspecified atom stereocenters. The van der Waals surface area contributed by atoms with Crippen LogP contribution in [0.15, 0.2) is 18.3 Å². The van der Waals surface area contributed by atoms with E-state index in [9.17, 15) is 9.59 Å². The van der Waals surface area contributed by atoms with E-state index in [1.54, 1.807) is 18.3 Å². The Labute approximate surface area is 171 Å². The molecule has 8 nitrogen and oxygen atoms in total. The molecule has 1 atom stereocenters. The Balaban J connectivity index is 1.23. The molecule has 0 aromatic carbocycles. The lowest BCUT2D eigenvalue weighted by Gasteiger charge is -2.38. The second-order valence-electron chi connectivity index (χ2n) is 8.59. The van der Waals surface area contributed by atoms with Crippen LogP contribution in [0.3, 0.4) is 0 Å². The summed E-state index contributed by atoms with van der Waals surface area (Å²) < 4.78 is 5.70. The molecule has 0 radical (unpaired) electrons. The molecule has 1 aromatic rings. The largest absolute Gasteiger partial charge is 0.367 e. The number of anilines is 1. The molecule has 3 aliphatic rings. The summed E-state index contributed by atoms with van der Waals surface area (Å²) in [7, 11) is 0. The number of hydrogen-bond donors (Lipinski definition) is 2. The molecule has 4 rings (SSSR count). The summed E-state index contributed by atoms with van der Waals surface area (Å²) in [5.74, 6) is 1.70. The van der Waals surface area contributed by atoms with Crippen molar-refractivity contribution in [2.45, 2.75) is 31.8 Å². The van der Waals surface area contributed by atoms with Crippen LogP contribution in [0.1, 0.15) is 36.0 Å². The van der Waals surface area contributed by atoms with Gasteiger partial charge < -0.3 is 25.6 Å². The number of nitrogens with one attached hydrogen (secondary N) is 1. The lowest BCUT2D eigenvalue weighted by molar-refractivity contribution is -0.149. The van der Waals surface area contributed by atoms with Crippen LogP contribution in [-0.2, 0) is 9.53 Å². The Morgan fingerprint density at radius 2 is 1.97 bits per heavy atom. The molecule has 2 amide bonds. The van der Waals surface area contributed by atoms with Crippen molar-refractivity contribution in [2.24, 2.45) is 17.6 Å². The van der Waals surface area contributed by atoms with Crippen LogP contribution in [0, 0.1) is 11.8 Å². The van der Waals surface area contributed by atoms with E-state index >= 15 is 0 Å². The van der Waals surface area contributed by atoms with Crippen molar-refractivity contribution < 1.29 is 14.3 Å². The highest BCUT2D eigenvalue weighted by atomic mass is 16.5. The first kappa shape index (κ1) is 20.1. The fourth-order valence-corrected chi connectivity index (χ4v) is 4.21. The lowest BCUT2D eigenvalue weighted by Crippen LogP contribution is -2.51. The molecule has 1 saturated carbocycles. The normalized spacial score (nSPS) is 23.9. The minimum absolute atomic E-state index is 0.0792. The van der Waals surface area contributed by atoms with Crippen LogP contribution in [0.4, 0.5) is 5.82 Å². The number of nitrogens with zero attached hydrogens (tertiary/aromatic N) is 3. The first-order valence-corrected chi connectivity index (χ1v) is 10.7. The first-order valence-electron chi connectivity index (χ1n) is 10.7. The van der Waals surface area contributed by atoms with Crippen LogP contribution < -0.4 is 11.1 Å². The maximum absolute atomic E-state index is 12.3. The summed E-state index contributed by atoms with van der Waals surface area (Å²) in [4.78, 5) is 32.4. The number of carbonyl (C=O) groups excluding carboxylic acids is 2. The second kappa shape index (κ2) is 9.09. The summed E-state index contributed by atoms with van der Waals surface area (Å²) in [5, 5.41) is 3.19. The van der Waals surface area contributed by atoms with E-state index in [-0.39, 0.29) is 18.6 Å². The van der Waals surface area contributed by atoms with Gasteiger partial charge in [0.1, 0.15) is 12.4 Å². The molecule has 3 N–H and O–H groups in total. The highest BCUT2D eigenvalue weighted by Crippen LogP contribution is 2.31. The SMILES string of the molecule is NC(=O)c1ccnc(NC[C@@H]2CN(CC3CCN(CC4CC4)CC3)C(=O)CO2)c1. The minimum Gasteiger partial charge on any atom is -0.367 e. The first-order chi connectivity index (χ1) is 14.1. The van der Waals surface area contributed by atoms with Crippen LogP contribution in [0.25, 0.3) is 0 Å². The van der Waals surface area contributed by atoms with Crippen LogP contribution in [-0.4, -0.2) is 78.6 Å². The van der Waals surface area contributed by atoms with E-state index < -0.39 is 5.91 Å². The third-order valence-corrected chi connectivity index (χ3v) is 6.17. The lowest BCUT2D eigenvalue weighted by atomic mass is 9.95. The zero-order valence-corrected chi connectivity index (χ0v) is 16.9. The van der Waals surface area contributed by atoms with Gasteiger partial charge in [0.2, 0.25) is 11.8 Å². The summed E-state index contributed by atoms with van der Waals surface area (Å²) >= 11 is 0. The third-order valence-electron chi connectivity index (χ3n) is 6.17. The van der Waals surface area contributed by atoms with E-state index in [1.807, 2.05) is 4.90 Å². The average molecular weight is 402 g/mol.